The summed E-state index contributed by atoms with van der Waals surface area (Å²) >= 11 is 5.80. The molecule has 0 bridgehead atoms. The Morgan fingerprint density at radius 3 is 2.21 bits per heavy atom. The highest BCUT2D eigenvalue weighted by Crippen LogP contribution is 2.30. The van der Waals surface area contributed by atoms with Crippen LogP contribution in [0.15, 0.2) is 41.3 Å². The first-order valence-electron chi connectivity index (χ1n) is 12.4. The Balaban J connectivity index is 0.00000352. The normalized spacial score (nSPS) is 11.4. The van der Waals surface area contributed by atoms with Crippen LogP contribution >= 0.6 is 11.6 Å². The van der Waals surface area contributed by atoms with Crippen molar-refractivity contribution in [2.75, 3.05) is 26.7 Å². The number of hydrogen-bond donors (Lipinski definition) is 2. The summed E-state index contributed by atoms with van der Waals surface area (Å²) in [7, 11) is -0.608. The van der Waals surface area contributed by atoms with Gasteiger partial charge in [0.1, 0.15) is 16.7 Å². The fraction of sp³-hybridized carbons (Fsp3) is 0.462. The molecular formula is C26H36ClF2N3O5S. The van der Waals surface area contributed by atoms with Crippen molar-refractivity contribution in [3.05, 3.63) is 53.1 Å². The molecule has 1 atom stereocenters. The number of nitrogens with one attached hydrogen (secondary N) is 1. The van der Waals surface area contributed by atoms with Gasteiger partial charge in [0.15, 0.2) is 17.4 Å². The van der Waals surface area contributed by atoms with Crippen molar-refractivity contribution in [2.45, 2.75) is 57.8 Å². The summed E-state index contributed by atoms with van der Waals surface area (Å²) in [6.07, 6.45) is 4.15. The summed E-state index contributed by atoms with van der Waals surface area (Å²) in [5, 5.41) is 9.31. The summed E-state index contributed by atoms with van der Waals surface area (Å²) < 4.78 is 48.9. The molecule has 0 saturated carbocycles. The number of hydrogen-bond acceptors (Lipinski definition) is 5. The Morgan fingerprint density at radius 1 is 1.05 bits per heavy atom. The third-order valence-electron chi connectivity index (χ3n) is 5.24. The van der Waals surface area contributed by atoms with E-state index in [9.17, 15) is 22.6 Å². The fourth-order valence-electron chi connectivity index (χ4n) is 3.20. The molecule has 2 amide bonds. The third kappa shape index (κ3) is 11.0. The van der Waals surface area contributed by atoms with Crippen molar-refractivity contribution in [1.29, 1.82) is 0 Å². The number of unbranched alkanes of at least 4 members (excludes halogenated alkanes) is 3. The molecule has 12 heteroatoms. The van der Waals surface area contributed by atoms with Gasteiger partial charge in [-0.05, 0) is 42.8 Å². The van der Waals surface area contributed by atoms with E-state index >= 15 is 0 Å². The van der Waals surface area contributed by atoms with E-state index in [0.29, 0.717) is 11.4 Å². The van der Waals surface area contributed by atoms with Gasteiger partial charge in [0, 0.05) is 31.6 Å². The van der Waals surface area contributed by atoms with E-state index in [2.05, 4.69) is 6.92 Å². The molecule has 0 aromatic heterocycles. The molecule has 1 unspecified atom stereocenters. The first-order valence-corrected chi connectivity index (χ1v) is 13.9. The highest BCUT2D eigenvalue weighted by Gasteiger charge is 2.23. The number of carbonyl (C=O) groups is 2. The van der Waals surface area contributed by atoms with Crippen molar-refractivity contribution in [3.63, 3.8) is 0 Å². The first kappa shape index (κ1) is 33.4. The van der Waals surface area contributed by atoms with E-state index < -0.39 is 40.8 Å². The maximum Gasteiger partial charge on any atom is 0.258 e. The van der Waals surface area contributed by atoms with Crippen LogP contribution in [0, 0.1) is 11.6 Å². The molecule has 0 heterocycles. The number of benzene rings is 2. The lowest BCUT2D eigenvalue weighted by Crippen LogP contribution is -2.42. The maximum atomic E-state index is 14.7. The minimum atomic E-state index is -2.19. The van der Waals surface area contributed by atoms with Crippen LogP contribution in [0.1, 0.15) is 52.9 Å². The van der Waals surface area contributed by atoms with Crippen LogP contribution in [0.5, 0.6) is 11.5 Å². The lowest BCUT2D eigenvalue weighted by Gasteiger charge is -2.24. The Kier molecular flexibility index (Phi) is 15.7. The molecule has 2 rings (SSSR count). The molecule has 0 fully saturated rings. The molecule has 38 heavy (non-hydrogen) atoms. The minimum Gasteiger partial charge on any atom is -0.451 e. The highest BCUT2D eigenvalue weighted by molar-refractivity contribution is 7.82. The van der Waals surface area contributed by atoms with Gasteiger partial charge < -0.3 is 9.64 Å². The molecule has 0 aliphatic heterocycles. The molecule has 0 spiro atoms. The fourth-order valence-corrected chi connectivity index (χ4v) is 4.52. The summed E-state index contributed by atoms with van der Waals surface area (Å²) in [6.45, 7) is 5.60. The lowest BCUT2D eigenvalue weighted by atomic mass is 10.1. The van der Waals surface area contributed by atoms with Gasteiger partial charge in [0.25, 0.3) is 5.91 Å². The van der Waals surface area contributed by atoms with Crippen LogP contribution in [0.2, 0.25) is 5.02 Å². The predicted molar refractivity (Wildman–Crippen MR) is 144 cm³/mol. The summed E-state index contributed by atoms with van der Waals surface area (Å²) in [4.78, 5) is 25.3. The molecule has 2 N–H and O–H groups in total. The zero-order valence-corrected chi connectivity index (χ0v) is 23.7. The van der Waals surface area contributed by atoms with Crippen LogP contribution in [0.4, 0.5) is 8.78 Å². The second-order valence-electron chi connectivity index (χ2n) is 8.05. The van der Waals surface area contributed by atoms with Gasteiger partial charge in [0.2, 0.25) is 5.91 Å². The van der Waals surface area contributed by atoms with Crippen LogP contribution in [0.25, 0.3) is 0 Å². The summed E-state index contributed by atoms with van der Waals surface area (Å²) in [6, 6.07) is 7.54. The number of carbonyl (C=O) groups excluding carboxylic acids is 2. The molecule has 2 aromatic carbocycles. The third-order valence-corrected chi connectivity index (χ3v) is 6.91. The molecular weight excluding hydrogens is 540 g/mol. The van der Waals surface area contributed by atoms with E-state index in [-0.39, 0.29) is 29.6 Å². The van der Waals surface area contributed by atoms with E-state index in [0.717, 1.165) is 42.1 Å². The van der Waals surface area contributed by atoms with Crippen molar-refractivity contribution in [2.24, 2.45) is 0 Å². The Labute approximate surface area is 230 Å². The second-order valence-corrected chi connectivity index (χ2v) is 9.97. The summed E-state index contributed by atoms with van der Waals surface area (Å²) in [5.74, 6) is -3.72. The van der Waals surface area contributed by atoms with Crippen LogP contribution in [0.3, 0.4) is 0 Å². The van der Waals surface area contributed by atoms with E-state index in [4.69, 9.17) is 21.5 Å². The van der Waals surface area contributed by atoms with Gasteiger partial charge >= 0.3 is 0 Å². The molecule has 0 radical (unpaired) electrons. The first-order chi connectivity index (χ1) is 18.2. The largest absolute Gasteiger partial charge is 0.451 e. The Bertz CT molecular complexity index is 1040. The minimum absolute atomic E-state index is 0.0521. The zero-order valence-electron chi connectivity index (χ0n) is 22.1. The number of amides is 2. The molecule has 8 nitrogen and oxygen atoms in total. The van der Waals surface area contributed by atoms with Gasteiger partial charge in [0.05, 0.1) is 11.4 Å². The van der Waals surface area contributed by atoms with Crippen molar-refractivity contribution >= 4 is 34.4 Å². The van der Waals surface area contributed by atoms with E-state index in [1.165, 1.54) is 34.6 Å². The molecule has 0 aliphatic rings. The monoisotopic (exact) mass is 575 g/mol. The smallest absolute Gasteiger partial charge is 0.258 e. The second kappa shape index (κ2) is 17.8. The number of nitrogens with zero attached hydrogens (tertiary/aromatic N) is 2. The van der Waals surface area contributed by atoms with Crippen molar-refractivity contribution < 1.29 is 32.5 Å². The SMILES string of the molecule is CC.CCCCCCC(=O)N(C)CCN(CC(=O)NO)S(=O)c1cc(F)c(Oc2ccc(Cl)cc2)c(F)c1. The maximum absolute atomic E-state index is 14.7. The highest BCUT2D eigenvalue weighted by atomic mass is 35.5. The summed E-state index contributed by atoms with van der Waals surface area (Å²) in [5.41, 5.74) is 1.44. The lowest BCUT2D eigenvalue weighted by molar-refractivity contribution is -0.130. The van der Waals surface area contributed by atoms with Gasteiger partial charge in [-0.3, -0.25) is 14.8 Å². The van der Waals surface area contributed by atoms with Crippen LogP contribution in [-0.4, -0.2) is 57.1 Å². The van der Waals surface area contributed by atoms with Gasteiger partial charge in [-0.25, -0.2) is 22.8 Å². The molecule has 212 valence electrons. The Morgan fingerprint density at radius 2 is 1.66 bits per heavy atom. The van der Waals surface area contributed by atoms with Crippen LogP contribution < -0.4 is 10.2 Å². The topological polar surface area (TPSA) is 99.2 Å². The van der Waals surface area contributed by atoms with Crippen molar-refractivity contribution in [3.8, 4) is 11.5 Å². The number of halogens is 3. The van der Waals surface area contributed by atoms with Gasteiger partial charge in [-0.1, -0.05) is 51.6 Å². The average molecular weight is 576 g/mol. The Hall–Kier alpha value is -2.60. The quantitative estimate of drug-likeness (QED) is 0.171. The van der Waals surface area contributed by atoms with E-state index in [1.54, 1.807) is 7.05 Å². The predicted octanol–water partition coefficient (Wildman–Crippen LogP) is 5.70. The number of hydroxylamine groups is 1. The zero-order chi connectivity index (χ0) is 28.7. The molecule has 2 aromatic rings. The van der Waals surface area contributed by atoms with Gasteiger partial charge in [-0.2, -0.15) is 0 Å². The van der Waals surface area contributed by atoms with Crippen LogP contribution in [-0.2, 0) is 20.6 Å². The number of rotatable bonds is 14. The average Bonchev–Trinajstić information content (AvgIpc) is 2.92. The number of ether oxygens (including phenoxy) is 1. The van der Waals surface area contributed by atoms with Gasteiger partial charge in [-0.15, -0.1) is 0 Å². The number of likely N-dealkylation sites (N-methyl/N-ethyl adjacent to an activating group) is 1. The molecule has 0 aliphatic carbocycles. The standard InChI is InChI=1S/C24H30ClF2N3O5S.C2H6/c1-3-4-5-6-7-23(32)29(2)12-13-30(16-22(31)28-33)36(34)19-14-20(26)24(21(27)15-19)35-18-10-8-17(25)9-11-18;1-2/h8-11,14-15,33H,3-7,12-13,16H2,1-2H3,(H,28,31);1-2H3. The molecule has 0 saturated heterocycles. The van der Waals surface area contributed by atoms with E-state index in [1.807, 2.05) is 13.8 Å². The van der Waals surface area contributed by atoms with Crippen molar-refractivity contribution in [1.82, 2.24) is 14.7 Å².